The predicted octanol–water partition coefficient (Wildman–Crippen LogP) is 2.93. The summed E-state index contributed by atoms with van der Waals surface area (Å²) in [6, 6.07) is 4.41. The molecule has 1 aliphatic heterocycles. The molecule has 0 spiro atoms. The van der Waals surface area contributed by atoms with Crippen LogP contribution in [0, 0.1) is 0 Å². The van der Waals surface area contributed by atoms with Crippen molar-refractivity contribution in [1.29, 1.82) is 0 Å². The van der Waals surface area contributed by atoms with Gasteiger partial charge in [0.25, 0.3) is 0 Å². The molecule has 2 atom stereocenters. The van der Waals surface area contributed by atoms with Crippen LogP contribution in [0.1, 0.15) is 12.0 Å². The zero-order valence-corrected chi connectivity index (χ0v) is 14.8. The van der Waals surface area contributed by atoms with Gasteiger partial charge in [0, 0.05) is 35.9 Å². The number of carbonyl (C=O) groups excluding carboxylic acids is 1. The Labute approximate surface area is 148 Å². The number of likely N-dealkylation sites (tertiary alicyclic amines) is 1. The summed E-state index contributed by atoms with van der Waals surface area (Å²) >= 11 is 13.3. The van der Waals surface area contributed by atoms with Crippen LogP contribution in [0.5, 0.6) is 0 Å². The average Bonchev–Trinajstić information content (AvgIpc) is 2.94. The Hall–Kier alpha value is -0.950. The minimum Gasteiger partial charge on any atom is -0.480 e. The molecule has 0 radical (unpaired) electrons. The number of rotatable bonds is 6. The lowest BCUT2D eigenvalue weighted by atomic mass is 10.2. The molecule has 23 heavy (non-hydrogen) atoms. The van der Waals surface area contributed by atoms with Crippen LogP contribution < -0.4 is 0 Å². The van der Waals surface area contributed by atoms with Gasteiger partial charge in [-0.2, -0.15) is 0 Å². The fourth-order valence-corrected chi connectivity index (χ4v) is 3.92. The predicted molar refractivity (Wildman–Crippen MR) is 91.2 cm³/mol. The van der Waals surface area contributed by atoms with Gasteiger partial charge >= 0.3 is 5.97 Å². The number of thioether (sulfide) groups is 1. The number of hydrogen-bond donors (Lipinski definition) is 1. The lowest BCUT2D eigenvalue weighted by molar-refractivity contribution is -0.147. The van der Waals surface area contributed by atoms with E-state index in [1.807, 2.05) is 6.07 Å². The van der Waals surface area contributed by atoms with Crippen LogP contribution in [0.25, 0.3) is 0 Å². The van der Waals surface area contributed by atoms with E-state index in [9.17, 15) is 14.7 Å². The van der Waals surface area contributed by atoms with E-state index in [4.69, 9.17) is 27.9 Å². The summed E-state index contributed by atoms with van der Waals surface area (Å²) in [6.07, 6.45) is 0.0985. The Morgan fingerprint density at radius 2 is 2.17 bits per heavy atom. The molecule has 2 rings (SSSR count). The number of benzene rings is 1. The van der Waals surface area contributed by atoms with Gasteiger partial charge < -0.3 is 14.7 Å². The maximum Gasteiger partial charge on any atom is 0.326 e. The molecular weight excluding hydrogens is 361 g/mol. The van der Waals surface area contributed by atoms with Gasteiger partial charge in [-0.15, -0.1) is 11.8 Å². The van der Waals surface area contributed by atoms with Crippen LogP contribution in [-0.2, 0) is 20.1 Å². The Morgan fingerprint density at radius 1 is 1.43 bits per heavy atom. The number of carbonyl (C=O) groups is 2. The second-order valence-corrected chi connectivity index (χ2v) is 7.05. The maximum absolute atomic E-state index is 12.3. The number of halogens is 2. The highest BCUT2D eigenvalue weighted by molar-refractivity contribution is 7.99. The minimum absolute atomic E-state index is 0.194. The van der Waals surface area contributed by atoms with Gasteiger partial charge in [-0.05, 0) is 17.7 Å². The second kappa shape index (κ2) is 8.24. The first-order chi connectivity index (χ1) is 10.9. The molecule has 8 heteroatoms. The molecule has 1 aliphatic rings. The van der Waals surface area contributed by atoms with Crippen LogP contribution in [-0.4, -0.2) is 53.4 Å². The van der Waals surface area contributed by atoms with E-state index >= 15 is 0 Å². The summed E-state index contributed by atoms with van der Waals surface area (Å²) in [5.74, 6) is -0.448. The number of ether oxygens (including phenoxy) is 1. The number of hydrogen-bond acceptors (Lipinski definition) is 4. The molecule has 1 N–H and O–H groups in total. The summed E-state index contributed by atoms with van der Waals surface area (Å²) in [5.41, 5.74) is 0.889. The van der Waals surface area contributed by atoms with Crippen molar-refractivity contribution in [2.24, 2.45) is 0 Å². The summed E-state index contributed by atoms with van der Waals surface area (Å²) in [4.78, 5) is 24.9. The van der Waals surface area contributed by atoms with Crippen LogP contribution in [0.3, 0.4) is 0 Å². The first kappa shape index (κ1) is 18.4. The molecule has 126 valence electrons. The third-order valence-corrected chi connectivity index (χ3v) is 5.25. The topological polar surface area (TPSA) is 66.8 Å². The van der Waals surface area contributed by atoms with Crippen molar-refractivity contribution >= 4 is 46.8 Å². The Morgan fingerprint density at radius 3 is 2.78 bits per heavy atom. The van der Waals surface area contributed by atoms with Crippen molar-refractivity contribution in [3.63, 3.8) is 0 Å². The van der Waals surface area contributed by atoms with E-state index in [1.165, 1.54) is 23.8 Å². The quantitative estimate of drug-likeness (QED) is 0.825. The van der Waals surface area contributed by atoms with Gasteiger partial charge in [0.1, 0.15) is 6.04 Å². The van der Waals surface area contributed by atoms with Crippen LogP contribution in [0.4, 0.5) is 0 Å². The average molecular weight is 378 g/mol. The highest BCUT2D eigenvalue weighted by Gasteiger charge is 2.39. The van der Waals surface area contributed by atoms with Crippen molar-refractivity contribution in [2.45, 2.75) is 24.3 Å². The third-order valence-electron chi connectivity index (χ3n) is 3.70. The number of carboxylic acid groups (broad SMARTS) is 1. The highest BCUT2D eigenvalue weighted by atomic mass is 35.5. The zero-order valence-electron chi connectivity index (χ0n) is 12.5. The lowest BCUT2D eigenvalue weighted by Gasteiger charge is -2.21. The van der Waals surface area contributed by atoms with Crippen LogP contribution in [0.2, 0.25) is 10.0 Å². The normalized spacial score (nSPS) is 20.7. The first-order valence-corrected chi connectivity index (χ1v) is 8.90. The number of amides is 1. The number of carboxylic acids is 1. The molecule has 1 aromatic carbocycles. The number of aliphatic carboxylic acids is 1. The molecular formula is C15H17Cl2NO4S. The van der Waals surface area contributed by atoms with Crippen molar-refractivity contribution in [3.8, 4) is 0 Å². The molecule has 1 aromatic rings. The van der Waals surface area contributed by atoms with Crippen LogP contribution in [0.15, 0.2) is 18.2 Å². The smallest absolute Gasteiger partial charge is 0.326 e. The lowest BCUT2D eigenvalue weighted by Crippen LogP contribution is -2.41. The highest BCUT2D eigenvalue weighted by Crippen LogP contribution is 2.26. The third kappa shape index (κ3) is 4.76. The fraction of sp³-hybridized carbons (Fsp3) is 0.467. The van der Waals surface area contributed by atoms with Crippen LogP contribution >= 0.6 is 35.0 Å². The van der Waals surface area contributed by atoms with Gasteiger partial charge in [0.15, 0.2) is 0 Å². The summed E-state index contributed by atoms with van der Waals surface area (Å²) in [6.45, 7) is 0.314. The molecule has 0 aromatic heterocycles. The van der Waals surface area contributed by atoms with Gasteiger partial charge in [-0.3, -0.25) is 4.79 Å². The van der Waals surface area contributed by atoms with E-state index in [0.717, 1.165) is 5.56 Å². The van der Waals surface area contributed by atoms with Gasteiger partial charge in [-0.25, -0.2) is 4.79 Å². The summed E-state index contributed by atoms with van der Waals surface area (Å²) < 4.78 is 5.18. The molecule has 1 amide bonds. The largest absolute Gasteiger partial charge is 0.480 e. The Balaban J connectivity index is 1.90. The maximum atomic E-state index is 12.3. The molecule has 1 fully saturated rings. The summed E-state index contributed by atoms with van der Waals surface area (Å²) in [7, 11) is 1.52. The van der Waals surface area contributed by atoms with E-state index in [2.05, 4.69) is 0 Å². The number of nitrogens with zero attached hydrogens (tertiary/aromatic N) is 1. The standard InChI is InChI=1S/C15H17Cl2NO4S/c1-22-11-5-13(15(20)21)18(6-11)14(19)8-23-7-9-2-3-10(16)4-12(9)17/h2-4,11,13H,5-8H2,1H3,(H,20,21). The second-order valence-electron chi connectivity index (χ2n) is 5.22. The fourth-order valence-electron chi connectivity index (χ4n) is 2.45. The van der Waals surface area contributed by atoms with Crippen molar-refractivity contribution < 1.29 is 19.4 Å². The molecule has 5 nitrogen and oxygen atoms in total. The molecule has 1 saturated heterocycles. The van der Waals surface area contributed by atoms with Crippen molar-refractivity contribution in [2.75, 3.05) is 19.4 Å². The van der Waals surface area contributed by atoms with Crippen molar-refractivity contribution in [1.82, 2.24) is 4.90 Å². The molecule has 0 saturated carbocycles. The van der Waals surface area contributed by atoms with E-state index in [1.54, 1.807) is 12.1 Å². The first-order valence-electron chi connectivity index (χ1n) is 6.99. The Kier molecular flexibility index (Phi) is 6.59. The SMILES string of the molecule is COC1CC(C(=O)O)N(C(=O)CSCc2ccc(Cl)cc2Cl)C1. The monoisotopic (exact) mass is 377 g/mol. The zero-order chi connectivity index (χ0) is 17.0. The van der Waals surface area contributed by atoms with E-state index in [0.29, 0.717) is 28.8 Å². The number of methoxy groups -OCH3 is 1. The van der Waals surface area contributed by atoms with Crippen molar-refractivity contribution in [3.05, 3.63) is 33.8 Å². The molecule has 1 heterocycles. The van der Waals surface area contributed by atoms with Gasteiger partial charge in [0.2, 0.25) is 5.91 Å². The minimum atomic E-state index is -0.997. The van der Waals surface area contributed by atoms with Gasteiger partial charge in [-0.1, -0.05) is 29.3 Å². The molecule has 0 bridgehead atoms. The van der Waals surface area contributed by atoms with E-state index < -0.39 is 12.0 Å². The summed E-state index contributed by atoms with van der Waals surface area (Å²) in [5, 5.41) is 10.3. The Bertz CT molecular complexity index is 599. The van der Waals surface area contributed by atoms with Gasteiger partial charge in [0.05, 0.1) is 11.9 Å². The molecule has 2 unspecified atom stereocenters. The molecule has 0 aliphatic carbocycles. The van der Waals surface area contributed by atoms with E-state index in [-0.39, 0.29) is 17.8 Å².